The monoisotopic (exact) mass is 294 g/mol. The molecule has 3 rings (SSSR count). The molecule has 2 aliphatic heterocycles. The van der Waals surface area contributed by atoms with Crippen LogP contribution >= 0.6 is 11.6 Å². The highest BCUT2D eigenvalue weighted by molar-refractivity contribution is 6.17. The van der Waals surface area contributed by atoms with Crippen molar-refractivity contribution in [2.75, 3.05) is 18.0 Å². The summed E-state index contributed by atoms with van der Waals surface area (Å²) in [4.78, 5) is 7.26. The molecule has 0 N–H and O–H groups in total. The molecule has 0 saturated carbocycles. The molecule has 3 heterocycles. The first-order valence-electron chi connectivity index (χ1n) is 7.43. The van der Waals surface area contributed by atoms with Gasteiger partial charge in [-0.2, -0.15) is 0 Å². The van der Waals surface area contributed by atoms with E-state index in [-0.39, 0.29) is 5.41 Å². The van der Waals surface area contributed by atoms with Crippen LogP contribution in [0.3, 0.4) is 0 Å². The zero-order valence-electron chi connectivity index (χ0n) is 12.5. The molecule has 1 aromatic heterocycles. The number of fused-ring (bicyclic) bond motifs is 2. The second kappa shape index (κ2) is 5.19. The van der Waals surface area contributed by atoms with Crippen LogP contribution in [0.15, 0.2) is 12.1 Å². The molecular weight excluding hydrogens is 272 g/mol. The number of halogens is 1. The van der Waals surface area contributed by atoms with Crippen LogP contribution in [-0.2, 0) is 16.0 Å². The smallest absolute Gasteiger partial charge is 0.129 e. The molecule has 0 amide bonds. The number of ether oxygens (including phenoxy) is 1. The van der Waals surface area contributed by atoms with E-state index in [9.17, 15) is 0 Å². The van der Waals surface area contributed by atoms with Gasteiger partial charge in [-0.15, -0.1) is 11.6 Å². The lowest BCUT2D eigenvalue weighted by molar-refractivity contribution is 0.0302. The van der Waals surface area contributed by atoms with Crippen LogP contribution in [0.25, 0.3) is 0 Å². The van der Waals surface area contributed by atoms with Gasteiger partial charge >= 0.3 is 0 Å². The van der Waals surface area contributed by atoms with E-state index in [1.54, 1.807) is 0 Å². The normalized spacial score (nSPS) is 26.1. The summed E-state index contributed by atoms with van der Waals surface area (Å²) in [5, 5.41) is 0. The fraction of sp³-hybridized carbons (Fsp3) is 0.688. The van der Waals surface area contributed by atoms with Gasteiger partial charge < -0.3 is 9.64 Å². The summed E-state index contributed by atoms with van der Waals surface area (Å²) >= 11 is 6.06. The lowest BCUT2D eigenvalue weighted by atomic mass is 9.91. The van der Waals surface area contributed by atoms with Crippen molar-refractivity contribution in [2.45, 2.75) is 57.1 Å². The molecule has 2 unspecified atom stereocenters. The Hall–Kier alpha value is -0.800. The first-order chi connectivity index (χ1) is 9.45. The molecule has 2 fully saturated rings. The van der Waals surface area contributed by atoms with Gasteiger partial charge in [-0.3, -0.25) is 0 Å². The lowest BCUT2D eigenvalue weighted by Gasteiger charge is -2.34. The number of anilines is 1. The van der Waals surface area contributed by atoms with Gasteiger partial charge in [-0.25, -0.2) is 4.98 Å². The topological polar surface area (TPSA) is 25.4 Å². The van der Waals surface area contributed by atoms with Crippen LogP contribution in [0, 0.1) is 0 Å². The van der Waals surface area contributed by atoms with Crippen LogP contribution in [0.1, 0.15) is 44.9 Å². The predicted molar refractivity (Wildman–Crippen MR) is 82.6 cm³/mol. The van der Waals surface area contributed by atoms with Crippen molar-refractivity contribution in [3.8, 4) is 0 Å². The summed E-state index contributed by atoms with van der Waals surface area (Å²) < 4.78 is 5.91. The third-order valence-corrected chi connectivity index (χ3v) is 4.47. The van der Waals surface area contributed by atoms with Crippen molar-refractivity contribution in [1.82, 2.24) is 4.98 Å². The summed E-state index contributed by atoms with van der Waals surface area (Å²) in [5.74, 6) is 1.60. The number of pyridine rings is 1. The van der Waals surface area contributed by atoms with Gasteiger partial charge in [0.15, 0.2) is 0 Å². The van der Waals surface area contributed by atoms with Crippen molar-refractivity contribution in [1.29, 1.82) is 0 Å². The number of hydrogen-bond acceptors (Lipinski definition) is 3. The van der Waals surface area contributed by atoms with Crippen molar-refractivity contribution in [2.24, 2.45) is 0 Å². The van der Waals surface area contributed by atoms with Gasteiger partial charge in [-0.05, 0) is 30.5 Å². The zero-order valence-corrected chi connectivity index (χ0v) is 13.3. The maximum Gasteiger partial charge on any atom is 0.129 e. The number of alkyl halides is 1. The molecule has 0 spiro atoms. The Balaban J connectivity index is 1.92. The lowest BCUT2D eigenvalue weighted by Crippen LogP contribution is -2.43. The van der Waals surface area contributed by atoms with E-state index < -0.39 is 0 Å². The average Bonchev–Trinajstić information content (AvgIpc) is 2.76. The second-order valence-corrected chi connectivity index (χ2v) is 7.23. The van der Waals surface area contributed by atoms with Gasteiger partial charge in [0, 0.05) is 30.1 Å². The number of morpholine rings is 1. The second-order valence-electron chi connectivity index (χ2n) is 6.96. The summed E-state index contributed by atoms with van der Waals surface area (Å²) in [7, 11) is 0. The molecule has 2 aliphatic rings. The maximum absolute atomic E-state index is 6.06. The SMILES string of the molecule is CC(C)(C)c1cc(CCl)cc(N2CC3CCC(C2)O3)n1. The van der Waals surface area contributed by atoms with E-state index in [4.69, 9.17) is 21.3 Å². The summed E-state index contributed by atoms with van der Waals surface area (Å²) in [6.07, 6.45) is 3.13. The third-order valence-electron chi connectivity index (χ3n) is 4.16. The maximum atomic E-state index is 6.06. The number of aromatic nitrogens is 1. The molecule has 0 aromatic carbocycles. The molecular formula is C16H23ClN2O. The molecule has 110 valence electrons. The van der Waals surface area contributed by atoms with Crippen molar-refractivity contribution in [3.63, 3.8) is 0 Å². The molecule has 0 aliphatic carbocycles. The van der Waals surface area contributed by atoms with E-state index in [2.05, 4.69) is 37.8 Å². The predicted octanol–water partition coefficient (Wildman–Crippen LogP) is 3.49. The van der Waals surface area contributed by atoms with E-state index in [1.165, 1.54) is 12.8 Å². The Morgan fingerprint density at radius 2 is 1.90 bits per heavy atom. The molecule has 3 nitrogen and oxygen atoms in total. The first-order valence-corrected chi connectivity index (χ1v) is 7.97. The molecule has 0 radical (unpaired) electrons. The van der Waals surface area contributed by atoms with Gasteiger partial charge in [0.05, 0.1) is 12.2 Å². The molecule has 4 heteroatoms. The number of hydrogen-bond donors (Lipinski definition) is 0. The Morgan fingerprint density at radius 1 is 1.25 bits per heavy atom. The van der Waals surface area contributed by atoms with Gasteiger partial charge in [-0.1, -0.05) is 20.8 Å². The highest BCUT2D eigenvalue weighted by Gasteiger charge is 2.34. The number of nitrogens with zero attached hydrogens (tertiary/aromatic N) is 2. The minimum atomic E-state index is 0.0437. The van der Waals surface area contributed by atoms with Crippen molar-refractivity contribution >= 4 is 17.4 Å². The van der Waals surface area contributed by atoms with E-state index >= 15 is 0 Å². The summed E-state index contributed by atoms with van der Waals surface area (Å²) in [5.41, 5.74) is 2.31. The molecule has 2 bridgehead atoms. The highest BCUT2D eigenvalue weighted by atomic mass is 35.5. The highest BCUT2D eigenvalue weighted by Crippen LogP contribution is 2.31. The van der Waals surface area contributed by atoms with Crippen molar-refractivity contribution < 1.29 is 4.74 Å². The summed E-state index contributed by atoms with van der Waals surface area (Å²) in [6.45, 7) is 8.50. The third kappa shape index (κ3) is 2.79. The summed E-state index contributed by atoms with van der Waals surface area (Å²) in [6, 6.07) is 4.26. The average molecular weight is 295 g/mol. The quantitative estimate of drug-likeness (QED) is 0.781. The molecule has 20 heavy (non-hydrogen) atoms. The van der Waals surface area contributed by atoms with Gasteiger partial charge in [0.25, 0.3) is 0 Å². The van der Waals surface area contributed by atoms with Gasteiger partial charge in [0.2, 0.25) is 0 Å². The Kier molecular flexibility index (Phi) is 3.67. The molecule has 2 saturated heterocycles. The standard InChI is InChI=1S/C16H23ClN2O/c1-16(2,3)14-6-11(8-17)7-15(18-14)19-9-12-4-5-13(10-19)20-12/h6-7,12-13H,4-5,8-10H2,1-3H3. The van der Waals surface area contributed by atoms with E-state index in [0.29, 0.717) is 18.1 Å². The van der Waals surface area contributed by atoms with Gasteiger partial charge in [0.1, 0.15) is 5.82 Å². The Bertz CT molecular complexity index is 486. The van der Waals surface area contributed by atoms with E-state index in [1.807, 2.05) is 0 Å². The largest absolute Gasteiger partial charge is 0.371 e. The molecule has 1 aromatic rings. The van der Waals surface area contributed by atoms with E-state index in [0.717, 1.165) is 30.2 Å². The fourth-order valence-electron chi connectivity index (χ4n) is 3.00. The van der Waals surface area contributed by atoms with Crippen LogP contribution in [0.2, 0.25) is 0 Å². The van der Waals surface area contributed by atoms with Crippen LogP contribution in [-0.4, -0.2) is 30.3 Å². The van der Waals surface area contributed by atoms with Crippen LogP contribution in [0.4, 0.5) is 5.82 Å². The Labute approximate surface area is 126 Å². The minimum Gasteiger partial charge on any atom is -0.371 e. The molecule has 2 atom stereocenters. The van der Waals surface area contributed by atoms with Crippen LogP contribution in [0.5, 0.6) is 0 Å². The fourth-order valence-corrected chi connectivity index (χ4v) is 3.15. The Morgan fingerprint density at radius 3 is 2.45 bits per heavy atom. The first kappa shape index (κ1) is 14.2. The van der Waals surface area contributed by atoms with Crippen molar-refractivity contribution in [3.05, 3.63) is 23.4 Å². The number of rotatable bonds is 2. The zero-order chi connectivity index (χ0) is 14.3. The minimum absolute atomic E-state index is 0.0437. The van der Waals surface area contributed by atoms with Crippen LogP contribution < -0.4 is 4.90 Å².